The van der Waals surface area contributed by atoms with Crippen molar-refractivity contribution >= 4 is 5.97 Å². The van der Waals surface area contributed by atoms with E-state index in [4.69, 9.17) is 14.6 Å². The van der Waals surface area contributed by atoms with Crippen LogP contribution in [0.2, 0.25) is 0 Å². The van der Waals surface area contributed by atoms with Gasteiger partial charge in [0.15, 0.2) is 0 Å². The van der Waals surface area contributed by atoms with Crippen LogP contribution in [-0.4, -0.2) is 30.9 Å². The maximum atomic E-state index is 14.0. The lowest BCUT2D eigenvalue weighted by Gasteiger charge is -2.25. The molecule has 28 heavy (non-hydrogen) atoms. The summed E-state index contributed by atoms with van der Waals surface area (Å²) < 4.78 is 39.5. The van der Waals surface area contributed by atoms with Crippen LogP contribution in [0.1, 0.15) is 43.7 Å². The van der Waals surface area contributed by atoms with Gasteiger partial charge in [0.1, 0.15) is 12.4 Å². The number of aryl methyl sites for hydroxylation is 1. The number of benzene rings is 1. The van der Waals surface area contributed by atoms with Gasteiger partial charge in [0, 0.05) is 18.9 Å². The topological polar surface area (TPSA) is 55.8 Å². The molecule has 1 atom stereocenters. The molecule has 4 nitrogen and oxygen atoms in total. The smallest absolute Gasteiger partial charge is 0.303 e. The van der Waals surface area contributed by atoms with E-state index in [1.807, 2.05) is 0 Å². The quantitative estimate of drug-likeness (QED) is 0.641. The first-order valence-corrected chi connectivity index (χ1v) is 9.65. The number of hydrogen-bond donors (Lipinski definition) is 1. The molecule has 0 bridgehead atoms. The van der Waals surface area contributed by atoms with E-state index in [1.54, 1.807) is 6.07 Å². The number of ether oxygens (including phenoxy) is 2. The monoisotopic (exact) mass is 392 g/mol. The number of carbonyl (C=O) groups is 1. The van der Waals surface area contributed by atoms with Crippen molar-refractivity contribution in [2.24, 2.45) is 5.92 Å². The van der Waals surface area contributed by atoms with Crippen LogP contribution in [0.25, 0.3) is 0 Å². The van der Waals surface area contributed by atoms with Crippen LogP contribution in [0.5, 0.6) is 5.75 Å². The Morgan fingerprint density at radius 2 is 2.21 bits per heavy atom. The van der Waals surface area contributed by atoms with E-state index in [0.29, 0.717) is 37.1 Å². The third kappa shape index (κ3) is 5.19. The molecular weight excluding hydrogens is 366 g/mol. The number of hydrogen-bond acceptors (Lipinski definition) is 3. The maximum Gasteiger partial charge on any atom is 0.303 e. The summed E-state index contributed by atoms with van der Waals surface area (Å²) in [5.74, 6) is -3.30. The van der Waals surface area contributed by atoms with E-state index in [9.17, 15) is 13.6 Å². The second-order valence-electron chi connectivity index (χ2n) is 7.43. The zero-order valence-corrected chi connectivity index (χ0v) is 16.0. The number of alkyl halides is 2. The molecule has 0 radical (unpaired) electrons. The van der Waals surface area contributed by atoms with Gasteiger partial charge in [0.25, 0.3) is 5.92 Å². The Balaban J connectivity index is 1.76. The molecule has 6 heteroatoms. The number of carboxylic acids is 1. The van der Waals surface area contributed by atoms with Crippen molar-refractivity contribution in [3.05, 3.63) is 52.6 Å². The van der Waals surface area contributed by atoms with Crippen molar-refractivity contribution in [1.82, 2.24) is 0 Å². The van der Waals surface area contributed by atoms with Gasteiger partial charge in [0.2, 0.25) is 0 Å². The lowest BCUT2D eigenvalue weighted by atomic mass is 9.90. The number of halogens is 2. The van der Waals surface area contributed by atoms with E-state index < -0.39 is 11.9 Å². The summed E-state index contributed by atoms with van der Waals surface area (Å²) in [6, 6.07) is 4.50. The summed E-state index contributed by atoms with van der Waals surface area (Å²) in [6.45, 7) is 2.34. The molecule has 1 aliphatic carbocycles. The highest BCUT2D eigenvalue weighted by molar-refractivity contribution is 5.67. The second kappa shape index (κ2) is 8.86. The van der Waals surface area contributed by atoms with Crippen LogP contribution in [0, 0.1) is 5.92 Å². The van der Waals surface area contributed by atoms with Crippen molar-refractivity contribution in [2.75, 3.05) is 19.8 Å². The van der Waals surface area contributed by atoms with E-state index in [-0.39, 0.29) is 18.4 Å². The van der Waals surface area contributed by atoms with Crippen LogP contribution in [0.4, 0.5) is 8.78 Å². The summed E-state index contributed by atoms with van der Waals surface area (Å²) in [6.07, 6.45) is 7.35. The fraction of sp³-hybridized carbons (Fsp3) is 0.500. The van der Waals surface area contributed by atoms with E-state index >= 15 is 0 Å². The SMILES string of the molecule is CC(F)(F)c1cc(OCC2=C(C3C=CCC3)CCOC2)ccc1CCC(=O)O. The van der Waals surface area contributed by atoms with Gasteiger partial charge < -0.3 is 14.6 Å². The number of aliphatic carboxylic acids is 1. The molecule has 2 aliphatic rings. The van der Waals surface area contributed by atoms with Crippen molar-refractivity contribution in [2.45, 2.75) is 45.0 Å². The summed E-state index contributed by atoms with van der Waals surface area (Å²) in [5, 5.41) is 8.83. The van der Waals surface area contributed by atoms with Crippen molar-refractivity contribution in [3.63, 3.8) is 0 Å². The minimum Gasteiger partial charge on any atom is -0.489 e. The van der Waals surface area contributed by atoms with Gasteiger partial charge in [-0.15, -0.1) is 0 Å². The van der Waals surface area contributed by atoms with Gasteiger partial charge in [0.05, 0.1) is 13.2 Å². The van der Waals surface area contributed by atoms with Crippen LogP contribution in [0.3, 0.4) is 0 Å². The molecule has 1 aromatic rings. The summed E-state index contributed by atoms with van der Waals surface area (Å²) in [4.78, 5) is 10.8. The second-order valence-corrected chi connectivity index (χ2v) is 7.43. The molecule has 0 saturated heterocycles. The van der Waals surface area contributed by atoms with Gasteiger partial charge in [-0.1, -0.05) is 23.8 Å². The fourth-order valence-electron chi connectivity index (χ4n) is 3.84. The van der Waals surface area contributed by atoms with Gasteiger partial charge in [-0.2, -0.15) is 0 Å². The largest absolute Gasteiger partial charge is 0.489 e. The highest BCUT2D eigenvalue weighted by atomic mass is 19.3. The van der Waals surface area contributed by atoms with Crippen molar-refractivity contribution in [1.29, 1.82) is 0 Å². The normalized spacial score (nSPS) is 19.9. The number of rotatable bonds is 8. The van der Waals surface area contributed by atoms with Crippen LogP contribution >= 0.6 is 0 Å². The van der Waals surface area contributed by atoms with Crippen LogP contribution in [-0.2, 0) is 21.9 Å². The predicted molar refractivity (Wildman–Crippen MR) is 102 cm³/mol. The molecule has 1 aromatic carbocycles. The van der Waals surface area contributed by atoms with E-state index in [2.05, 4.69) is 12.2 Å². The molecule has 152 valence electrons. The molecule has 0 aromatic heterocycles. The molecule has 0 amide bonds. The molecule has 0 saturated carbocycles. The summed E-state index contributed by atoms with van der Waals surface area (Å²) >= 11 is 0. The first kappa shape index (κ1) is 20.5. The van der Waals surface area contributed by atoms with Crippen LogP contribution < -0.4 is 4.74 Å². The molecule has 1 aliphatic heterocycles. The standard InChI is InChI=1S/C22H26F2O4/c1-22(23,24)20-12-18(8-6-16(20)7-9-21(25)26)28-14-17-13-27-11-10-19(17)15-4-2-3-5-15/h2,4,6,8,12,15H,3,5,7,9-11,13-14H2,1H3,(H,25,26). The Kier molecular flexibility index (Phi) is 6.50. The Labute approximate surface area is 163 Å². The Morgan fingerprint density at radius 1 is 1.39 bits per heavy atom. The third-order valence-corrected chi connectivity index (χ3v) is 5.28. The molecule has 0 spiro atoms. The zero-order valence-electron chi connectivity index (χ0n) is 16.0. The summed E-state index contributed by atoms with van der Waals surface area (Å²) in [7, 11) is 0. The molecule has 1 N–H and O–H groups in total. The van der Waals surface area contributed by atoms with E-state index in [1.165, 1.54) is 17.7 Å². The Bertz CT molecular complexity index is 777. The highest BCUT2D eigenvalue weighted by Gasteiger charge is 2.28. The predicted octanol–water partition coefficient (Wildman–Crippen LogP) is 4.88. The fourth-order valence-corrected chi connectivity index (χ4v) is 3.84. The van der Waals surface area contributed by atoms with Gasteiger partial charge >= 0.3 is 5.97 Å². The average Bonchev–Trinajstić information content (AvgIpc) is 3.19. The minimum atomic E-state index is -3.07. The highest BCUT2D eigenvalue weighted by Crippen LogP contribution is 2.35. The lowest BCUT2D eigenvalue weighted by molar-refractivity contribution is -0.137. The van der Waals surface area contributed by atoms with Crippen LogP contribution in [0.15, 0.2) is 41.5 Å². The summed E-state index contributed by atoms with van der Waals surface area (Å²) in [5.41, 5.74) is 2.58. The minimum absolute atomic E-state index is 0.0610. The Hall–Kier alpha value is -2.21. The van der Waals surface area contributed by atoms with Crippen molar-refractivity contribution < 1.29 is 28.2 Å². The van der Waals surface area contributed by atoms with Crippen molar-refractivity contribution in [3.8, 4) is 5.75 Å². The molecule has 1 heterocycles. The average molecular weight is 392 g/mol. The molecular formula is C22H26F2O4. The lowest BCUT2D eigenvalue weighted by Crippen LogP contribution is -2.20. The molecule has 1 unspecified atom stereocenters. The zero-order chi connectivity index (χ0) is 20.1. The number of allylic oxidation sites excluding steroid dienone is 2. The molecule has 3 rings (SSSR count). The van der Waals surface area contributed by atoms with E-state index in [0.717, 1.165) is 31.8 Å². The van der Waals surface area contributed by atoms with Gasteiger partial charge in [-0.05, 0) is 54.9 Å². The van der Waals surface area contributed by atoms with Gasteiger partial charge in [-0.25, -0.2) is 8.78 Å². The third-order valence-electron chi connectivity index (χ3n) is 5.28. The first-order valence-electron chi connectivity index (χ1n) is 9.65. The molecule has 0 fully saturated rings. The Morgan fingerprint density at radius 3 is 2.89 bits per heavy atom. The maximum absolute atomic E-state index is 14.0. The number of carboxylic acid groups (broad SMARTS) is 1. The van der Waals surface area contributed by atoms with Gasteiger partial charge in [-0.3, -0.25) is 4.79 Å². The first-order chi connectivity index (χ1) is 13.3.